The van der Waals surface area contributed by atoms with E-state index in [2.05, 4.69) is 5.32 Å². The number of amides is 1. The molecule has 1 fully saturated rings. The fourth-order valence-electron chi connectivity index (χ4n) is 2.30. The van der Waals surface area contributed by atoms with Gasteiger partial charge in [-0.15, -0.1) is 0 Å². The molecule has 1 aromatic rings. The number of rotatable bonds is 4. The van der Waals surface area contributed by atoms with Crippen LogP contribution in [-0.4, -0.2) is 38.3 Å². The molecule has 1 aliphatic heterocycles. The van der Waals surface area contributed by atoms with Crippen LogP contribution in [0, 0.1) is 17.1 Å². The number of nitrogens with zero attached hydrogens (tertiary/aromatic N) is 2. The zero-order chi connectivity index (χ0) is 15.2. The Labute approximate surface area is 123 Å². The smallest absolute Gasteiger partial charge is 0.245 e. The summed E-state index contributed by atoms with van der Waals surface area (Å²) in [7, 11) is 0. The summed E-state index contributed by atoms with van der Waals surface area (Å²) in [4.78, 5) is 14.0. The number of carbonyl (C=O) groups is 1. The Morgan fingerprint density at radius 3 is 3.10 bits per heavy atom. The molecule has 1 amide bonds. The summed E-state index contributed by atoms with van der Waals surface area (Å²) in [5.41, 5.74) is 0.774. The first-order valence-electron chi connectivity index (χ1n) is 6.98. The maximum absolute atomic E-state index is 13.6. The van der Waals surface area contributed by atoms with E-state index in [-0.39, 0.29) is 18.1 Å². The number of hydrogen-bond acceptors (Lipinski definition) is 4. The maximum Gasteiger partial charge on any atom is 0.245 e. The van der Waals surface area contributed by atoms with Gasteiger partial charge in [-0.3, -0.25) is 4.79 Å². The molecule has 0 aliphatic carbocycles. The molecule has 1 saturated heterocycles. The first kappa shape index (κ1) is 15.3. The van der Waals surface area contributed by atoms with Crippen LogP contribution in [0.4, 0.5) is 10.1 Å². The van der Waals surface area contributed by atoms with Crippen molar-refractivity contribution in [3.8, 4) is 6.07 Å². The third-order valence-electron chi connectivity index (χ3n) is 3.32. The first-order valence-corrected chi connectivity index (χ1v) is 6.98. The zero-order valence-corrected chi connectivity index (χ0v) is 11.9. The molecule has 1 N–H and O–H groups in total. The lowest BCUT2D eigenvalue weighted by Gasteiger charge is -2.36. The van der Waals surface area contributed by atoms with Crippen LogP contribution >= 0.6 is 0 Å². The van der Waals surface area contributed by atoms with Gasteiger partial charge in [0, 0.05) is 18.8 Å². The summed E-state index contributed by atoms with van der Waals surface area (Å²) in [6, 6.07) is 5.53. The van der Waals surface area contributed by atoms with Gasteiger partial charge in [-0.2, -0.15) is 5.26 Å². The number of ether oxygens (including phenoxy) is 1. The second kappa shape index (κ2) is 7.04. The van der Waals surface area contributed by atoms with Crippen molar-refractivity contribution >= 4 is 11.6 Å². The summed E-state index contributed by atoms with van der Waals surface area (Å²) in [5.74, 6) is -0.623. The number of carbonyl (C=O) groups excluding carboxylic acids is 1. The topological polar surface area (TPSA) is 65.4 Å². The van der Waals surface area contributed by atoms with Crippen LogP contribution in [0.2, 0.25) is 0 Å². The van der Waals surface area contributed by atoms with E-state index in [0.29, 0.717) is 25.4 Å². The van der Waals surface area contributed by atoms with E-state index in [0.717, 1.165) is 6.42 Å². The van der Waals surface area contributed by atoms with Crippen LogP contribution in [0.25, 0.3) is 0 Å². The minimum Gasteiger partial charge on any atom is -0.377 e. The first-order chi connectivity index (χ1) is 10.2. The van der Waals surface area contributed by atoms with Gasteiger partial charge in [0.2, 0.25) is 5.91 Å². The Bertz CT molecular complexity index is 556. The molecule has 1 aliphatic rings. The van der Waals surface area contributed by atoms with Crippen LogP contribution < -0.4 is 10.2 Å². The molecule has 1 atom stereocenters. The van der Waals surface area contributed by atoms with E-state index >= 15 is 0 Å². The Kier molecular flexibility index (Phi) is 5.12. The van der Waals surface area contributed by atoms with Crippen LogP contribution in [0.5, 0.6) is 0 Å². The predicted molar refractivity (Wildman–Crippen MR) is 76.4 cm³/mol. The average molecular weight is 291 g/mol. The van der Waals surface area contributed by atoms with Crippen molar-refractivity contribution in [2.75, 3.05) is 31.2 Å². The molecular weight excluding hydrogens is 273 g/mol. The summed E-state index contributed by atoms with van der Waals surface area (Å²) in [6.45, 7) is 3.78. The Balaban J connectivity index is 2.24. The fraction of sp³-hybridized carbons (Fsp3) is 0.467. The lowest BCUT2D eigenvalue weighted by molar-refractivity contribution is -0.124. The van der Waals surface area contributed by atoms with Crippen molar-refractivity contribution in [2.45, 2.75) is 19.4 Å². The largest absolute Gasteiger partial charge is 0.377 e. The molecule has 1 unspecified atom stereocenters. The minimum absolute atomic E-state index is 0.140. The highest BCUT2D eigenvalue weighted by atomic mass is 19.1. The number of benzene rings is 1. The number of morpholine rings is 1. The highest BCUT2D eigenvalue weighted by Gasteiger charge is 2.29. The molecule has 1 heterocycles. The highest BCUT2D eigenvalue weighted by molar-refractivity contribution is 5.85. The van der Waals surface area contributed by atoms with Gasteiger partial charge in [0.05, 0.1) is 24.8 Å². The Morgan fingerprint density at radius 1 is 1.57 bits per heavy atom. The third kappa shape index (κ3) is 3.70. The van der Waals surface area contributed by atoms with Crippen molar-refractivity contribution < 1.29 is 13.9 Å². The van der Waals surface area contributed by atoms with Crippen LogP contribution in [-0.2, 0) is 9.53 Å². The molecule has 6 heteroatoms. The standard InChI is InChI=1S/C15H18FN3O2/c1-2-3-18-15(20)14-10-21-5-4-19(14)13-7-11(9-17)6-12(16)8-13/h6-8,14H,2-5,10H2,1H3,(H,18,20). The van der Waals surface area contributed by atoms with Crippen molar-refractivity contribution in [3.05, 3.63) is 29.6 Å². The highest BCUT2D eigenvalue weighted by Crippen LogP contribution is 2.22. The van der Waals surface area contributed by atoms with Gasteiger partial charge in [-0.1, -0.05) is 6.92 Å². The number of nitriles is 1. The molecule has 2 rings (SSSR count). The van der Waals surface area contributed by atoms with Crippen molar-refractivity contribution in [2.24, 2.45) is 0 Å². The Hall–Kier alpha value is -2.13. The van der Waals surface area contributed by atoms with Gasteiger partial charge in [0.1, 0.15) is 11.9 Å². The summed E-state index contributed by atoms with van der Waals surface area (Å²) in [5, 5.41) is 11.8. The second-order valence-electron chi connectivity index (χ2n) is 4.89. The SMILES string of the molecule is CCCNC(=O)C1COCCN1c1cc(F)cc(C#N)c1. The molecule has 0 saturated carbocycles. The lowest BCUT2D eigenvalue weighted by Crippen LogP contribution is -2.54. The van der Waals surface area contributed by atoms with Crippen molar-refractivity contribution in [1.29, 1.82) is 5.26 Å². The van der Waals surface area contributed by atoms with Gasteiger partial charge < -0.3 is 15.0 Å². The second-order valence-corrected chi connectivity index (χ2v) is 4.89. The molecule has 0 bridgehead atoms. The van der Waals surface area contributed by atoms with E-state index in [1.54, 1.807) is 11.0 Å². The van der Waals surface area contributed by atoms with Gasteiger partial charge >= 0.3 is 0 Å². The van der Waals surface area contributed by atoms with E-state index in [4.69, 9.17) is 10.00 Å². The quantitative estimate of drug-likeness (QED) is 0.911. The molecule has 5 nitrogen and oxygen atoms in total. The van der Waals surface area contributed by atoms with Crippen LogP contribution in [0.1, 0.15) is 18.9 Å². The molecule has 112 valence electrons. The van der Waals surface area contributed by atoms with E-state index in [9.17, 15) is 9.18 Å². The van der Waals surface area contributed by atoms with Gasteiger partial charge in [-0.05, 0) is 24.6 Å². The summed E-state index contributed by atoms with van der Waals surface area (Å²) >= 11 is 0. The Morgan fingerprint density at radius 2 is 2.38 bits per heavy atom. The molecular formula is C15H18FN3O2. The normalized spacial score (nSPS) is 18.1. The average Bonchev–Trinajstić information content (AvgIpc) is 2.51. The van der Waals surface area contributed by atoms with Crippen LogP contribution in [0.3, 0.4) is 0 Å². The van der Waals surface area contributed by atoms with E-state index < -0.39 is 11.9 Å². The molecule has 0 radical (unpaired) electrons. The molecule has 21 heavy (non-hydrogen) atoms. The fourth-order valence-corrected chi connectivity index (χ4v) is 2.30. The number of hydrogen-bond donors (Lipinski definition) is 1. The summed E-state index contributed by atoms with van der Waals surface area (Å²) in [6.07, 6.45) is 0.845. The molecule has 1 aromatic carbocycles. The minimum atomic E-state index is -0.501. The van der Waals surface area contributed by atoms with Gasteiger partial charge in [0.25, 0.3) is 0 Å². The maximum atomic E-state index is 13.6. The number of anilines is 1. The number of halogens is 1. The van der Waals surface area contributed by atoms with Crippen molar-refractivity contribution in [3.63, 3.8) is 0 Å². The predicted octanol–water partition coefficient (Wildman–Crippen LogP) is 1.43. The van der Waals surface area contributed by atoms with Crippen molar-refractivity contribution in [1.82, 2.24) is 5.32 Å². The third-order valence-corrected chi connectivity index (χ3v) is 3.32. The monoisotopic (exact) mass is 291 g/mol. The molecule has 0 aromatic heterocycles. The van der Waals surface area contributed by atoms with Gasteiger partial charge in [-0.25, -0.2) is 4.39 Å². The lowest BCUT2D eigenvalue weighted by atomic mass is 10.1. The van der Waals surface area contributed by atoms with E-state index in [1.807, 2.05) is 13.0 Å². The van der Waals surface area contributed by atoms with E-state index in [1.165, 1.54) is 12.1 Å². The zero-order valence-electron chi connectivity index (χ0n) is 11.9. The molecule has 0 spiro atoms. The number of nitrogens with one attached hydrogen (secondary N) is 1. The van der Waals surface area contributed by atoms with Crippen LogP contribution in [0.15, 0.2) is 18.2 Å². The van der Waals surface area contributed by atoms with Gasteiger partial charge in [0.15, 0.2) is 0 Å². The summed E-state index contributed by atoms with van der Waals surface area (Å²) < 4.78 is 19.0.